The molecule has 1 aromatic rings. The van der Waals surface area contributed by atoms with Crippen LogP contribution in [0.3, 0.4) is 0 Å². The van der Waals surface area contributed by atoms with Gasteiger partial charge in [-0.05, 0) is 12.3 Å². The Morgan fingerprint density at radius 3 is 2.56 bits per heavy atom. The minimum atomic E-state index is -4.35. The zero-order valence-corrected chi connectivity index (χ0v) is 10.9. The van der Waals surface area contributed by atoms with Crippen LogP contribution in [0.15, 0.2) is 6.20 Å². The van der Waals surface area contributed by atoms with Crippen LogP contribution in [0.4, 0.5) is 13.2 Å². The molecule has 0 radical (unpaired) electrons. The van der Waals surface area contributed by atoms with Gasteiger partial charge in [0.25, 0.3) is 0 Å². The Hall–Kier alpha value is -0.620. The van der Waals surface area contributed by atoms with Crippen molar-refractivity contribution in [3.8, 4) is 0 Å². The lowest BCUT2D eigenvalue weighted by Gasteiger charge is -2.23. The number of rotatable bonds is 3. The fraction of sp³-hybridized carbons (Fsp3) is 0.750. The highest BCUT2D eigenvalue weighted by Gasteiger charge is 2.35. The number of nitrogens with zero attached hydrogens (tertiary/aromatic N) is 1. The van der Waals surface area contributed by atoms with Gasteiger partial charge in [-0.1, -0.05) is 32.1 Å². The first kappa shape index (κ1) is 13.8. The van der Waals surface area contributed by atoms with Crippen molar-refractivity contribution >= 4 is 11.3 Å². The van der Waals surface area contributed by atoms with Gasteiger partial charge < -0.3 is 5.73 Å². The quantitative estimate of drug-likeness (QED) is 0.902. The Labute approximate surface area is 108 Å². The van der Waals surface area contributed by atoms with Gasteiger partial charge in [-0.15, -0.1) is 11.3 Å². The van der Waals surface area contributed by atoms with Crippen LogP contribution in [-0.2, 0) is 6.18 Å². The Morgan fingerprint density at radius 1 is 1.33 bits per heavy atom. The highest BCUT2D eigenvalue weighted by Crippen LogP contribution is 2.36. The van der Waals surface area contributed by atoms with Crippen LogP contribution >= 0.6 is 11.3 Å². The number of nitrogens with two attached hydrogens (primary N) is 1. The molecule has 0 aliphatic heterocycles. The van der Waals surface area contributed by atoms with Crippen molar-refractivity contribution < 1.29 is 13.2 Å². The first-order chi connectivity index (χ1) is 8.47. The van der Waals surface area contributed by atoms with Crippen LogP contribution in [0.25, 0.3) is 0 Å². The van der Waals surface area contributed by atoms with Gasteiger partial charge in [0.05, 0.1) is 0 Å². The summed E-state index contributed by atoms with van der Waals surface area (Å²) in [5, 5.41) is -0.795. The van der Waals surface area contributed by atoms with Crippen molar-refractivity contribution in [1.82, 2.24) is 4.98 Å². The molecule has 1 aromatic heterocycles. The summed E-state index contributed by atoms with van der Waals surface area (Å²) in [5.41, 5.74) is 5.99. The van der Waals surface area contributed by atoms with E-state index in [0.717, 1.165) is 19.3 Å². The normalized spacial score (nSPS) is 20.0. The molecule has 1 aliphatic rings. The molecule has 1 atom stereocenters. The number of thiazole rings is 1. The molecule has 18 heavy (non-hydrogen) atoms. The summed E-state index contributed by atoms with van der Waals surface area (Å²) in [4.78, 5) is 3.96. The molecule has 1 aliphatic carbocycles. The van der Waals surface area contributed by atoms with Crippen molar-refractivity contribution in [3.63, 3.8) is 0 Å². The molecule has 2 N–H and O–H groups in total. The number of hydrogen-bond acceptors (Lipinski definition) is 3. The lowest BCUT2D eigenvalue weighted by atomic mass is 9.85. The van der Waals surface area contributed by atoms with Gasteiger partial charge >= 0.3 is 6.18 Å². The number of aromatic nitrogens is 1. The Kier molecular flexibility index (Phi) is 4.27. The molecule has 2 rings (SSSR count). The number of alkyl halides is 3. The first-order valence-electron chi connectivity index (χ1n) is 6.25. The smallest absolute Gasteiger partial charge is 0.323 e. The van der Waals surface area contributed by atoms with E-state index in [-0.39, 0.29) is 6.04 Å². The molecule has 1 saturated carbocycles. The Balaban J connectivity index is 1.96. The first-order valence-corrected chi connectivity index (χ1v) is 7.07. The van der Waals surface area contributed by atoms with E-state index in [1.807, 2.05) is 0 Å². The van der Waals surface area contributed by atoms with Crippen LogP contribution in [0.5, 0.6) is 0 Å². The summed E-state index contributed by atoms with van der Waals surface area (Å²) in [7, 11) is 0. The molecule has 0 saturated heterocycles. The zero-order valence-electron chi connectivity index (χ0n) is 10.0. The lowest BCUT2D eigenvalue weighted by Crippen LogP contribution is -2.16. The molecule has 1 fully saturated rings. The molecule has 0 spiro atoms. The third-order valence-electron chi connectivity index (χ3n) is 3.44. The van der Waals surface area contributed by atoms with Crippen LogP contribution in [-0.4, -0.2) is 4.98 Å². The van der Waals surface area contributed by atoms with E-state index in [0.29, 0.717) is 22.1 Å². The van der Waals surface area contributed by atoms with Crippen LogP contribution in [0.1, 0.15) is 54.5 Å². The Bertz CT molecular complexity index is 383. The molecule has 0 bridgehead atoms. The molecule has 2 nitrogen and oxygen atoms in total. The van der Waals surface area contributed by atoms with E-state index in [1.165, 1.54) is 25.5 Å². The van der Waals surface area contributed by atoms with Gasteiger partial charge in [0, 0.05) is 17.1 Å². The van der Waals surface area contributed by atoms with E-state index in [2.05, 4.69) is 4.98 Å². The van der Waals surface area contributed by atoms with Crippen molar-refractivity contribution in [1.29, 1.82) is 0 Å². The van der Waals surface area contributed by atoms with Crippen LogP contribution in [0, 0.1) is 5.92 Å². The topological polar surface area (TPSA) is 38.9 Å². The zero-order chi connectivity index (χ0) is 13.2. The molecule has 0 aromatic carbocycles. The van der Waals surface area contributed by atoms with Gasteiger partial charge in [-0.25, -0.2) is 4.98 Å². The monoisotopic (exact) mass is 278 g/mol. The summed E-state index contributed by atoms with van der Waals surface area (Å²) in [5.74, 6) is 0.560. The molecule has 0 amide bonds. The SMILES string of the molecule is NC(CC1CCCCC1)c1cnc(C(F)(F)F)s1. The van der Waals surface area contributed by atoms with E-state index in [4.69, 9.17) is 5.73 Å². The minimum Gasteiger partial charge on any atom is -0.323 e. The molecule has 102 valence electrons. The van der Waals surface area contributed by atoms with Gasteiger partial charge in [0.1, 0.15) is 0 Å². The van der Waals surface area contributed by atoms with E-state index >= 15 is 0 Å². The fourth-order valence-corrected chi connectivity index (χ4v) is 3.28. The largest absolute Gasteiger partial charge is 0.443 e. The third kappa shape index (κ3) is 3.45. The molecule has 1 unspecified atom stereocenters. The second-order valence-corrected chi connectivity index (χ2v) is 5.97. The van der Waals surface area contributed by atoms with Crippen molar-refractivity contribution in [2.45, 2.75) is 50.7 Å². The minimum absolute atomic E-state index is 0.304. The summed E-state index contributed by atoms with van der Waals surface area (Å²) >= 11 is 0.675. The number of hydrogen-bond donors (Lipinski definition) is 1. The van der Waals surface area contributed by atoms with E-state index in [9.17, 15) is 13.2 Å². The van der Waals surface area contributed by atoms with Crippen molar-refractivity contribution in [2.24, 2.45) is 11.7 Å². The van der Waals surface area contributed by atoms with Gasteiger partial charge in [-0.2, -0.15) is 13.2 Å². The van der Waals surface area contributed by atoms with Crippen LogP contribution in [0.2, 0.25) is 0 Å². The summed E-state index contributed by atoms with van der Waals surface area (Å²) in [6, 6.07) is -0.304. The molecular formula is C12H17F3N2S. The molecule has 1 heterocycles. The second-order valence-electron chi connectivity index (χ2n) is 4.91. The second kappa shape index (κ2) is 5.57. The maximum Gasteiger partial charge on any atom is 0.443 e. The predicted octanol–water partition coefficient (Wildman–Crippen LogP) is 4.13. The average molecular weight is 278 g/mol. The predicted molar refractivity (Wildman–Crippen MR) is 65.2 cm³/mol. The number of halogens is 3. The van der Waals surface area contributed by atoms with Gasteiger partial charge in [-0.3, -0.25) is 0 Å². The standard InChI is InChI=1S/C12H17F3N2S/c13-12(14,15)11-17-7-10(18-11)9(16)6-8-4-2-1-3-5-8/h7-9H,1-6,16H2. The maximum absolute atomic E-state index is 12.4. The fourth-order valence-electron chi connectivity index (χ4n) is 2.49. The Morgan fingerprint density at radius 2 is 2.00 bits per heavy atom. The van der Waals surface area contributed by atoms with Crippen LogP contribution < -0.4 is 5.73 Å². The highest BCUT2D eigenvalue weighted by molar-refractivity contribution is 7.11. The molecular weight excluding hydrogens is 261 g/mol. The van der Waals surface area contributed by atoms with E-state index < -0.39 is 11.2 Å². The van der Waals surface area contributed by atoms with Gasteiger partial charge in [0.15, 0.2) is 5.01 Å². The highest BCUT2D eigenvalue weighted by atomic mass is 32.1. The van der Waals surface area contributed by atoms with Crippen molar-refractivity contribution in [3.05, 3.63) is 16.1 Å². The maximum atomic E-state index is 12.4. The third-order valence-corrected chi connectivity index (χ3v) is 4.62. The van der Waals surface area contributed by atoms with E-state index in [1.54, 1.807) is 0 Å². The summed E-state index contributed by atoms with van der Waals surface area (Å²) in [6.45, 7) is 0. The summed E-state index contributed by atoms with van der Waals surface area (Å²) in [6.07, 6.45) is 3.71. The summed E-state index contributed by atoms with van der Waals surface area (Å²) < 4.78 is 37.3. The molecule has 6 heteroatoms. The lowest BCUT2D eigenvalue weighted by molar-refractivity contribution is -0.137. The van der Waals surface area contributed by atoms with Gasteiger partial charge in [0.2, 0.25) is 0 Å². The van der Waals surface area contributed by atoms with Crippen molar-refractivity contribution in [2.75, 3.05) is 0 Å². The average Bonchev–Trinajstić information content (AvgIpc) is 2.79.